The summed E-state index contributed by atoms with van der Waals surface area (Å²) < 4.78 is 1.40. The standard InChI is InChI=1S/C17H20N4O6.BrH/c1-7-3-9-10(4-8(7)2)21(5-11(23)14(25)12(24)6-22)15-13(18-9)16(26)20-17(27)19-15;/h3-4,11-12,14,22-25H,5-6H2,1-2H3,(H,20,26,27);1H/t11-,12+,14-;/m0./s1. The Labute approximate surface area is 169 Å². The van der Waals surface area contributed by atoms with Gasteiger partial charge in [-0.2, -0.15) is 4.98 Å². The number of rotatable bonds is 5. The third-order valence-corrected chi connectivity index (χ3v) is 4.57. The number of benzene rings is 1. The number of hydrogen-bond acceptors (Lipinski definition) is 8. The first-order chi connectivity index (χ1) is 12.7. The highest BCUT2D eigenvalue weighted by Gasteiger charge is 2.27. The van der Waals surface area contributed by atoms with Crippen molar-refractivity contribution in [2.45, 2.75) is 38.7 Å². The minimum absolute atomic E-state index is 0. The van der Waals surface area contributed by atoms with Crippen LogP contribution in [0.1, 0.15) is 11.1 Å². The molecule has 1 aromatic carbocycles. The number of aromatic nitrogens is 4. The summed E-state index contributed by atoms with van der Waals surface area (Å²) in [7, 11) is 0. The zero-order valence-corrected chi connectivity index (χ0v) is 16.9. The van der Waals surface area contributed by atoms with Crippen LogP contribution in [-0.4, -0.2) is 64.9 Å². The monoisotopic (exact) mass is 456 g/mol. The Morgan fingerprint density at radius 2 is 1.71 bits per heavy atom. The SMILES string of the molecule is Br.Cc1cc2nc3c(=O)[nH]c(=O)nc-3n(C[C@H](O)[C@H](O)[C@H](O)CO)c2cc1C. The molecule has 28 heavy (non-hydrogen) atoms. The van der Waals surface area contributed by atoms with Crippen molar-refractivity contribution >= 4 is 28.0 Å². The zero-order chi connectivity index (χ0) is 19.9. The van der Waals surface area contributed by atoms with Gasteiger partial charge >= 0.3 is 5.69 Å². The number of fused-ring (bicyclic) bond motifs is 2. The van der Waals surface area contributed by atoms with Crippen LogP contribution in [0.25, 0.3) is 22.6 Å². The van der Waals surface area contributed by atoms with E-state index in [2.05, 4.69) is 15.0 Å². The fraction of sp³-hybridized carbons (Fsp3) is 0.412. The smallest absolute Gasteiger partial charge is 0.349 e. The van der Waals surface area contributed by atoms with Crippen LogP contribution in [0.3, 0.4) is 0 Å². The number of aryl methyl sites for hydroxylation is 2. The highest BCUT2D eigenvalue weighted by Crippen LogP contribution is 2.24. The molecular weight excluding hydrogens is 436 g/mol. The Hall–Kier alpha value is -2.18. The highest BCUT2D eigenvalue weighted by molar-refractivity contribution is 8.93. The normalized spacial score (nSPS) is 14.6. The number of nitrogens with one attached hydrogen (secondary N) is 1. The first kappa shape index (κ1) is 22.1. The Bertz CT molecular complexity index is 1080. The third-order valence-electron chi connectivity index (χ3n) is 4.57. The van der Waals surface area contributed by atoms with Gasteiger partial charge in [-0.05, 0) is 37.1 Å². The van der Waals surface area contributed by atoms with Gasteiger partial charge in [0.25, 0.3) is 5.56 Å². The predicted octanol–water partition coefficient (Wildman–Crippen LogP) is -1.15. The minimum Gasteiger partial charge on any atom is -0.394 e. The van der Waals surface area contributed by atoms with Crippen LogP contribution in [0, 0.1) is 13.8 Å². The lowest BCUT2D eigenvalue weighted by atomic mass is 10.1. The van der Waals surface area contributed by atoms with Crippen molar-refractivity contribution in [1.29, 1.82) is 0 Å². The van der Waals surface area contributed by atoms with Gasteiger partial charge in [-0.3, -0.25) is 9.78 Å². The van der Waals surface area contributed by atoms with E-state index in [-0.39, 0.29) is 35.0 Å². The van der Waals surface area contributed by atoms with Crippen LogP contribution in [0.2, 0.25) is 0 Å². The lowest BCUT2D eigenvalue weighted by Crippen LogP contribution is -2.42. The summed E-state index contributed by atoms with van der Waals surface area (Å²) in [6.07, 6.45) is -4.68. The average molecular weight is 457 g/mol. The summed E-state index contributed by atoms with van der Waals surface area (Å²) in [5.74, 6) is -0.0516. The summed E-state index contributed by atoms with van der Waals surface area (Å²) in [6.45, 7) is 2.73. The van der Waals surface area contributed by atoms with Crippen molar-refractivity contribution < 1.29 is 20.4 Å². The molecule has 0 unspecified atom stereocenters. The second-order valence-electron chi connectivity index (χ2n) is 6.50. The predicted molar refractivity (Wildman–Crippen MR) is 106 cm³/mol. The Morgan fingerprint density at radius 3 is 2.36 bits per heavy atom. The van der Waals surface area contributed by atoms with Gasteiger partial charge in [-0.15, -0.1) is 17.0 Å². The Morgan fingerprint density at radius 1 is 1.07 bits per heavy atom. The van der Waals surface area contributed by atoms with E-state index in [0.717, 1.165) is 11.1 Å². The molecule has 0 aliphatic carbocycles. The molecule has 0 fully saturated rings. The molecule has 0 bridgehead atoms. The van der Waals surface area contributed by atoms with Crippen molar-refractivity contribution in [3.63, 3.8) is 0 Å². The van der Waals surface area contributed by atoms with Crippen LogP contribution in [0.5, 0.6) is 0 Å². The number of aromatic amines is 1. The summed E-state index contributed by atoms with van der Waals surface area (Å²) >= 11 is 0. The van der Waals surface area contributed by atoms with Gasteiger partial charge in [0.1, 0.15) is 18.3 Å². The van der Waals surface area contributed by atoms with Crippen molar-refractivity contribution in [2.75, 3.05) is 6.61 Å². The molecule has 0 aromatic heterocycles. The lowest BCUT2D eigenvalue weighted by Gasteiger charge is -2.25. The van der Waals surface area contributed by atoms with Gasteiger partial charge in [0, 0.05) is 0 Å². The molecule has 3 atom stereocenters. The molecule has 2 aliphatic heterocycles. The fourth-order valence-electron chi connectivity index (χ4n) is 2.89. The van der Waals surface area contributed by atoms with E-state index in [4.69, 9.17) is 5.11 Å². The van der Waals surface area contributed by atoms with Crippen LogP contribution in [-0.2, 0) is 6.54 Å². The molecule has 10 nitrogen and oxygen atoms in total. The second-order valence-corrected chi connectivity index (χ2v) is 6.50. The van der Waals surface area contributed by atoms with Gasteiger partial charge in [0.05, 0.1) is 24.2 Å². The number of nitrogens with zero attached hydrogens (tertiary/aromatic N) is 3. The molecule has 0 radical (unpaired) electrons. The highest BCUT2D eigenvalue weighted by atomic mass is 79.9. The molecule has 5 N–H and O–H groups in total. The molecular formula is C17H21BrN4O6. The topological polar surface area (TPSA) is 162 Å². The molecule has 0 saturated carbocycles. The van der Waals surface area contributed by atoms with E-state index >= 15 is 0 Å². The number of H-pyrrole nitrogens is 1. The van der Waals surface area contributed by atoms with Crippen molar-refractivity contribution in [3.8, 4) is 11.5 Å². The maximum Gasteiger partial charge on any atom is 0.349 e. The molecule has 2 heterocycles. The minimum atomic E-state index is -1.64. The summed E-state index contributed by atoms with van der Waals surface area (Å²) in [5.41, 5.74) is 1.11. The molecule has 2 aliphatic rings. The number of hydrogen-bond donors (Lipinski definition) is 5. The van der Waals surface area contributed by atoms with E-state index in [0.29, 0.717) is 11.0 Å². The maximum atomic E-state index is 12.2. The zero-order valence-electron chi connectivity index (χ0n) is 15.2. The first-order valence-electron chi connectivity index (χ1n) is 8.29. The molecule has 11 heteroatoms. The summed E-state index contributed by atoms with van der Waals surface area (Å²) in [4.78, 5) is 34.0. The van der Waals surface area contributed by atoms with Crippen molar-refractivity contribution in [3.05, 3.63) is 44.1 Å². The van der Waals surface area contributed by atoms with E-state index < -0.39 is 36.2 Å². The van der Waals surface area contributed by atoms with Crippen LogP contribution < -0.4 is 11.2 Å². The fourth-order valence-corrected chi connectivity index (χ4v) is 2.89. The van der Waals surface area contributed by atoms with Crippen molar-refractivity contribution in [1.82, 2.24) is 19.5 Å². The summed E-state index contributed by atoms with van der Waals surface area (Å²) in [5, 5.41) is 38.8. The van der Waals surface area contributed by atoms with Crippen LogP contribution in [0.15, 0.2) is 21.7 Å². The molecule has 152 valence electrons. The lowest BCUT2D eigenvalue weighted by molar-refractivity contribution is -0.0802. The van der Waals surface area contributed by atoms with Gasteiger partial charge < -0.3 is 25.0 Å². The van der Waals surface area contributed by atoms with Gasteiger partial charge in [-0.1, -0.05) is 0 Å². The van der Waals surface area contributed by atoms with Crippen LogP contribution in [0.4, 0.5) is 0 Å². The number of aliphatic hydroxyl groups excluding tert-OH is 4. The van der Waals surface area contributed by atoms with E-state index in [1.807, 2.05) is 13.8 Å². The first-order valence-corrected chi connectivity index (χ1v) is 8.29. The van der Waals surface area contributed by atoms with E-state index in [9.17, 15) is 24.9 Å². The van der Waals surface area contributed by atoms with Gasteiger partial charge in [0.2, 0.25) is 0 Å². The molecule has 0 saturated heterocycles. The summed E-state index contributed by atoms with van der Waals surface area (Å²) in [6, 6.07) is 3.53. The van der Waals surface area contributed by atoms with Gasteiger partial charge in [0.15, 0.2) is 11.5 Å². The van der Waals surface area contributed by atoms with Gasteiger partial charge in [-0.25, -0.2) is 9.78 Å². The quantitative estimate of drug-likeness (QED) is 0.300. The molecule has 0 amide bonds. The van der Waals surface area contributed by atoms with E-state index in [1.165, 1.54) is 4.57 Å². The molecule has 3 rings (SSSR count). The number of halogens is 1. The van der Waals surface area contributed by atoms with E-state index in [1.54, 1.807) is 12.1 Å². The second kappa shape index (κ2) is 8.45. The molecule has 0 spiro atoms. The van der Waals surface area contributed by atoms with Crippen molar-refractivity contribution in [2.24, 2.45) is 0 Å². The largest absolute Gasteiger partial charge is 0.394 e. The average Bonchev–Trinajstić information content (AvgIpc) is 2.62. The Balaban J connectivity index is 0.00000280. The maximum absolute atomic E-state index is 12.2. The third kappa shape index (κ3) is 3.98. The number of aliphatic hydroxyl groups is 4. The van der Waals surface area contributed by atoms with Crippen LogP contribution >= 0.6 is 17.0 Å². The molecule has 1 aromatic rings. The Kier molecular flexibility index (Phi) is 6.67.